The predicted molar refractivity (Wildman–Crippen MR) is 102 cm³/mol. The topological polar surface area (TPSA) is 47.1 Å². The van der Waals surface area contributed by atoms with Crippen molar-refractivity contribution in [2.24, 2.45) is 0 Å². The predicted octanol–water partition coefficient (Wildman–Crippen LogP) is 2.15. The number of nitrogens with zero attached hydrogens (tertiary/aromatic N) is 4. The van der Waals surface area contributed by atoms with E-state index in [0.29, 0.717) is 51.1 Å². The lowest BCUT2D eigenvalue weighted by Gasteiger charge is -2.42. The third-order valence-electron chi connectivity index (χ3n) is 5.82. The standard InChI is InChI=1S/C20H28F2N4O2/c1-4-26-19(28)25(13-12-23(2)3)18(27)20(26)8-10-24(11-9-20)14-15-6-5-7-16(21)17(15)22/h5-7H,4,8-14H2,1-3H3. The van der Waals surface area contributed by atoms with E-state index in [1.54, 1.807) is 11.0 Å². The average Bonchev–Trinajstić information content (AvgIpc) is 2.85. The molecule has 28 heavy (non-hydrogen) atoms. The Hall–Kier alpha value is -2.06. The zero-order valence-electron chi connectivity index (χ0n) is 16.8. The number of hydrogen-bond acceptors (Lipinski definition) is 4. The smallest absolute Gasteiger partial charge is 0.310 e. The van der Waals surface area contributed by atoms with Crippen LogP contribution in [0.15, 0.2) is 18.2 Å². The van der Waals surface area contributed by atoms with E-state index in [2.05, 4.69) is 0 Å². The van der Waals surface area contributed by atoms with Gasteiger partial charge in [0.25, 0.3) is 5.91 Å². The summed E-state index contributed by atoms with van der Waals surface area (Å²) >= 11 is 0. The van der Waals surface area contributed by atoms with Gasteiger partial charge in [-0.25, -0.2) is 13.6 Å². The number of imide groups is 1. The van der Waals surface area contributed by atoms with Crippen LogP contribution in [-0.2, 0) is 11.3 Å². The molecule has 1 spiro atoms. The minimum absolute atomic E-state index is 0.127. The molecule has 0 atom stereocenters. The molecule has 3 rings (SSSR count). The van der Waals surface area contributed by atoms with Crippen molar-refractivity contribution in [2.45, 2.75) is 31.8 Å². The Morgan fingerprint density at radius 2 is 1.82 bits per heavy atom. The van der Waals surface area contributed by atoms with Crippen molar-refractivity contribution in [3.8, 4) is 0 Å². The average molecular weight is 394 g/mol. The summed E-state index contributed by atoms with van der Waals surface area (Å²) in [5.41, 5.74) is -0.500. The highest BCUT2D eigenvalue weighted by Gasteiger charge is 2.57. The van der Waals surface area contributed by atoms with Crippen molar-refractivity contribution in [2.75, 3.05) is 46.8 Å². The maximum Gasteiger partial charge on any atom is 0.327 e. The van der Waals surface area contributed by atoms with Gasteiger partial charge in [0.05, 0.1) is 0 Å². The Bertz CT molecular complexity index is 748. The van der Waals surface area contributed by atoms with Crippen LogP contribution in [0, 0.1) is 11.6 Å². The normalized spacial score (nSPS) is 20.1. The second kappa shape index (κ2) is 8.13. The van der Waals surface area contributed by atoms with Crippen molar-refractivity contribution >= 4 is 11.9 Å². The van der Waals surface area contributed by atoms with E-state index in [0.717, 1.165) is 6.07 Å². The van der Waals surface area contributed by atoms with E-state index in [-0.39, 0.29) is 18.5 Å². The molecule has 2 saturated heterocycles. The van der Waals surface area contributed by atoms with Crippen LogP contribution in [-0.4, -0.2) is 83.9 Å². The number of benzene rings is 1. The van der Waals surface area contributed by atoms with Crippen molar-refractivity contribution in [1.82, 2.24) is 19.6 Å². The van der Waals surface area contributed by atoms with Gasteiger partial charge in [-0.15, -0.1) is 0 Å². The lowest BCUT2D eigenvalue weighted by molar-refractivity contribution is -0.135. The summed E-state index contributed by atoms with van der Waals surface area (Å²) in [6, 6.07) is 3.96. The van der Waals surface area contributed by atoms with E-state index < -0.39 is 17.2 Å². The molecule has 0 unspecified atom stereocenters. The second-order valence-electron chi connectivity index (χ2n) is 7.81. The van der Waals surface area contributed by atoms with Gasteiger partial charge in [-0.05, 0) is 39.9 Å². The van der Waals surface area contributed by atoms with Gasteiger partial charge >= 0.3 is 6.03 Å². The van der Waals surface area contributed by atoms with Gasteiger partial charge < -0.3 is 9.80 Å². The molecule has 154 valence electrons. The van der Waals surface area contributed by atoms with E-state index in [4.69, 9.17) is 0 Å². The number of carbonyl (C=O) groups is 2. The van der Waals surface area contributed by atoms with Gasteiger partial charge in [0.1, 0.15) is 5.54 Å². The third kappa shape index (κ3) is 3.63. The monoisotopic (exact) mass is 394 g/mol. The molecule has 8 heteroatoms. The molecule has 0 saturated carbocycles. The molecular formula is C20H28F2N4O2. The number of piperidine rings is 1. The molecule has 0 aliphatic carbocycles. The fourth-order valence-electron chi connectivity index (χ4n) is 4.19. The summed E-state index contributed by atoms with van der Waals surface area (Å²) < 4.78 is 27.4. The lowest BCUT2D eigenvalue weighted by Crippen LogP contribution is -2.56. The third-order valence-corrected chi connectivity index (χ3v) is 5.82. The van der Waals surface area contributed by atoms with Crippen molar-refractivity contribution in [3.05, 3.63) is 35.4 Å². The zero-order chi connectivity index (χ0) is 20.5. The quantitative estimate of drug-likeness (QED) is 0.694. The number of halogens is 2. The summed E-state index contributed by atoms with van der Waals surface area (Å²) in [6.07, 6.45) is 1.00. The molecule has 2 aliphatic rings. The molecule has 0 aromatic heterocycles. The molecule has 3 amide bonds. The van der Waals surface area contributed by atoms with Gasteiger partial charge in [0.2, 0.25) is 0 Å². The van der Waals surface area contributed by atoms with Crippen molar-refractivity contribution in [3.63, 3.8) is 0 Å². The summed E-state index contributed by atoms with van der Waals surface area (Å²) in [4.78, 5) is 33.0. The first-order valence-electron chi connectivity index (χ1n) is 9.73. The fourth-order valence-corrected chi connectivity index (χ4v) is 4.19. The van der Waals surface area contributed by atoms with Gasteiger partial charge in [0.15, 0.2) is 11.6 Å². The molecule has 0 N–H and O–H groups in total. The Kier molecular flexibility index (Phi) is 6.00. The minimum atomic E-state index is -0.851. The molecule has 0 bridgehead atoms. The van der Waals surface area contributed by atoms with Gasteiger partial charge in [-0.1, -0.05) is 12.1 Å². The molecule has 2 fully saturated rings. The summed E-state index contributed by atoms with van der Waals surface area (Å²) in [5.74, 6) is -1.80. The Balaban J connectivity index is 1.71. The Morgan fingerprint density at radius 1 is 1.14 bits per heavy atom. The SMILES string of the molecule is CCN1C(=O)N(CCN(C)C)C(=O)C12CCN(Cc1cccc(F)c1F)CC2. The molecule has 0 radical (unpaired) electrons. The van der Waals surface area contributed by atoms with Crippen LogP contribution in [0.3, 0.4) is 0 Å². The zero-order valence-corrected chi connectivity index (χ0v) is 16.8. The first kappa shape index (κ1) is 20.7. The van der Waals surface area contributed by atoms with Crippen LogP contribution >= 0.6 is 0 Å². The molecule has 6 nitrogen and oxygen atoms in total. The van der Waals surface area contributed by atoms with Crippen LogP contribution in [0.2, 0.25) is 0 Å². The highest BCUT2D eigenvalue weighted by molar-refractivity contribution is 6.07. The largest absolute Gasteiger partial charge is 0.327 e. The first-order chi connectivity index (χ1) is 13.3. The number of amides is 3. The van der Waals surface area contributed by atoms with Crippen molar-refractivity contribution in [1.29, 1.82) is 0 Å². The molecular weight excluding hydrogens is 366 g/mol. The summed E-state index contributed by atoms with van der Waals surface area (Å²) in [7, 11) is 3.81. The maximum absolute atomic E-state index is 14.0. The Morgan fingerprint density at radius 3 is 2.43 bits per heavy atom. The van der Waals surface area contributed by atoms with Gasteiger partial charge in [0, 0.05) is 44.8 Å². The number of urea groups is 1. The first-order valence-corrected chi connectivity index (χ1v) is 9.73. The number of hydrogen-bond donors (Lipinski definition) is 0. The van der Waals surface area contributed by atoms with Gasteiger partial charge in [-0.2, -0.15) is 0 Å². The maximum atomic E-state index is 14.0. The summed E-state index contributed by atoms with van der Waals surface area (Å²) in [6.45, 7) is 4.74. The fraction of sp³-hybridized carbons (Fsp3) is 0.600. The molecule has 2 heterocycles. The van der Waals surface area contributed by atoms with E-state index >= 15 is 0 Å². The van der Waals surface area contributed by atoms with Gasteiger partial charge in [-0.3, -0.25) is 14.6 Å². The van der Waals surface area contributed by atoms with Crippen LogP contribution < -0.4 is 0 Å². The minimum Gasteiger partial charge on any atom is -0.310 e. The van der Waals surface area contributed by atoms with E-state index in [9.17, 15) is 18.4 Å². The van der Waals surface area contributed by atoms with Crippen LogP contribution in [0.4, 0.5) is 13.6 Å². The number of rotatable bonds is 6. The lowest BCUT2D eigenvalue weighted by atomic mass is 9.85. The Labute approximate surface area is 164 Å². The summed E-state index contributed by atoms with van der Waals surface area (Å²) in [5, 5.41) is 0. The van der Waals surface area contributed by atoms with Crippen LogP contribution in [0.5, 0.6) is 0 Å². The highest BCUT2D eigenvalue weighted by Crippen LogP contribution is 2.37. The molecule has 2 aliphatic heterocycles. The molecule has 1 aromatic carbocycles. The van der Waals surface area contributed by atoms with E-state index in [1.807, 2.05) is 30.8 Å². The number of likely N-dealkylation sites (tertiary alicyclic amines) is 1. The number of likely N-dealkylation sites (N-methyl/N-ethyl adjacent to an activating group) is 2. The van der Waals surface area contributed by atoms with Crippen LogP contribution in [0.25, 0.3) is 0 Å². The van der Waals surface area contributed by atoms with E-state index in [1.165, 1.54) is 11.0 Å². The molecule has 1 aromatic rings. The van der Waals surface area contributed by atoms with Crippen LogP contribution in [0.1, 0.15) is 25.3 Å². The second-order valence-corrected chi connectivity index (χ2v) is 7.81. The number of carbonyl (C=O) groups excluding carboxylic acids is 2. The van der Waals surface area contributed by atoms with Crippen molar-refractivity contribution < 1.29 is 18.4 Å². The highest BCUT2D eigenvalue weighted by atomic mass is 19.2.